The molecule has 5 rings (SSSR count). The Morgan fingerprint density at radius 1 is 0.974 bits per heavy atom. The standard InChI is InChI=1S/C31H41N3O4.ClH/c1-23(2)38-30(36)34-21-26(28(22-34)25-7-5-4-6-8-25)20-32-16-13-31(14-17-32)15-18-33(29(31)35)19-24-9-11-27(37-3)12-10-24;/h4-12,23,26,28H,13-22H2,1-3H3;1H/t26-,28?;/m0./s1. The van der Waals surface area contributed by atoms with Crippen LogP contribution in [0.1, 0.15) is 50.2 Å². The van der Waals surface area contributed by atoms with Crippen molar-refractivity contribution in [3.8, 4) is 5.75 Å². The second-order valence-electron chi connectivity index (χ2n) is 11.5. The van der Waals surface area contributed by atoms with Crippen molar-refractivity contribution in [1.29, 1.82) is 0 Å². The summed E-state index contributed by atoms with van der Waals surface area (Å²) in [6.45, 7) is 9.47. The Morgan fingerprint density at radius 3 is 2.28 bits per heavy atom. The Morgan fingerprint density at radius 2 is 1.64 bits per heavy atom. The molecule has 7 nitrogen and oxygen atoms in total. The molecule has 2 aromatic rings. The Hall–Kier alpha value is -2.77. The number of ether oxygens (including phenoxy) is 2. The van der Waals surface area contributed by atoms with Crippen molar-refractivity contribution in [3.63, 3.8) is 0 Å². The number of methoxy groups -OCH3 is 1. The molecule has 0 radical (unpaired) electrons. The average molecular weight is 556 g/mol. The zero-order valence-corrected chi connectivity index (χ0v) is 24.2. The number of halogens is 1. The number of carbonyl (C=O) groups excluding carboxylic acids is 2. The lowest BCUT2D eigenvalue weighted by atomic mass is 9.76. The van der Waals surface area contributed by atoms with Crippen LogP contribution in [0, 0.1) is 11.3 Å². The lowest BCUT2D eigenvalue weighted by Gasteiger charge is -2.39. The predicted octanol–water partition coefficient (Wildman–Crippen LogP) is 5.19. The molecule has 3 aliphatic rings. The third-order valence-electron chi connectivity index (χ3n) is 8.70. The number of nitrogens with zero attached hydrogens (tertiary/aromatic N) is 3. The highest BCUT2D eigenvalue weighted by molar-refractivity contribution is 5.85. The zero-order valence-electron chi connectivity index (χ0n) is 23.4. The van der Waals surface area contributed by atoms with Gasteiger partial charge in [0.1, 0.15) is 5.75 Å². The van der Waals surface area contributed by atoms with Crippen molar-refractivity contribution in [1.82, 2.24) is 14.7 Å². The predicted molar refractivity (Wildman–Crippen MR) is 154 cm³/mol. The second kappa shape index (κ2) is 12.6. The maximum Gasteiger partial charge on any atom is 0.410 e. The van der Waals surface area contributed by atoms with Crippen LogP contribution in [0.4, 0.5) is 4.79 Å². The minimum absolute atomic E-state index is 0. The summed E-state index contributed by atoms with van der Waals surface area (Å²) in [7, 11) is 1.67. The summed E-state index contributed by atoms with van der Waals surface area (Å²) in [5.74, 6) is 1.79. The largest absolute Gasteiger partial charge is 0.497 e. The Balaban J connectivity index is 0.00000353. The molecule has 0 aliphatic carbocycles. The van der Waals surface area contributed by atoms with Crippen LogP contribution in [0.2, 0.25) is 0 Å². The highest BCUT2D eigenvalue weighted by Crippen LogP contribution is 2.43. The van der Waals surface area contributed by atoms with Crippen LogP contribution in [0.5, 0.6) is 5.75 Å². The Labute approximate surface area is 238 Å². The van der Waals surface area contributed by atoms with Crippen molar-refractivity contribution in [3.05, 3.63) is 65.7 Å². The van der Waals surface area contributed by atoms with E-state index >= 15 is 0 Å². The SMILES string of the molecule is COc1ccc(CN2CCC3(CCN(C[C@H]4CN(C(=O)OC(C)C)CC4c4ccccc4)CC3)C2=O)cc1.Cl. The van der Waals surface area contributed by atoms with Gasteiger partial charge in [-0.05, 0) is 75.4 Å². The number of benzene rings is 2. The van der Waals surface area contributed by atoms with Gasteiger partial charge in [-0.1, -0.05) is 42.5 Å². The van der Waals surface area contributed by atoms with Crippen molar-refractivity contribution in [2.45, 2.75) is 51.7 Å². The maximum atomic E-state index is 13.5. The van der Waals surface area contributed by atoms with Gasteiger partial charge in [-0.25, -0.2) is 4.79 Å². The van der Waals surface area contributed by atoms with Gasteiger partial charge in [-0.3, -0.25) is 4.79 Å². The molecule has 2 atom stereocenters. The van der Waals surface area contributed by atoms with Gasteiger partial charge in [0.05, 0.1) is 18.6 Å². The fourth-order valence-electron chi connectivity index (χ4n) is 6.51. The molecule has 39 heavy (non-hydrogen) atoms. The molecule has 2 aromatic carbocycles. The van der Waals surface area contributed by atoms with E-state index in [1.165, 1.54) is 5.56 Å². The van der Waals surface area contributed by atoms with Gasteiger partial charge in [-0.15, -0.1) is 12.4 Å². The summed E-state index contributed by atoms with van der Waals surface area (Å²) in [5, 5.41) is 0. The van der Waals surface area contributed by atoms with E-state index in [1.807, 2.05) is 54.0 Å². The highest BCUT2D eigenvalue weighted by Gasteiger charge is 2.48. The maximum absolute atomic E-state index is 13.5. The number of amides is 2. The summed E-state index contributed by atoms with van der Waals surface area (Å²) < 4.78 is 10.8. The van der Waals surface area contributed by atoms with Crippen LogP contribution in [-0.4, -0.2) is 79.2 Å². The van der Waals surface area contributed by atoms with Crippen molar-refractivity contribution in [2.75, 3.05) is 46.4 Å². The molecule has 8 heteroatoms. The molecule has 3 fully saturated rings. The number of hydrogen-bond acceptors (Lipinski definition) is 5. The van der Waals surface area contributed by atoms with Crippen molar-refractivity contribution < 1.29 is 19.1 Å². The number of rotatable bonds is 7. The molecule has 1 spiro atoms. The fraction of sp³-hybridized carbons (Fsp3) is 0.548. The van der Waals surface area contributed by atoms with Crippen LogP contribution in [0.3, 0.4) is 0 Å². The zero-order chi connectivity index (χ0) is 26.7. The molecular weight excluding hydrogens is 514 g/mol. The normalized spacial score (nSPS) is 22.8. The van der Waals surface area contributed by atoms with Gasteiger partial charge < -0.3 is 24.2 Å². The lowest BCUT2D eigenvalue weighted by molar-refractivity contribution is -0.139. The average Bonchev–Trinajstić information content (AvgIpc) is 3.48. The van der Waals surface area contributed by atoms with Crippen LogP contribution >= 0.6 is 12.4 Å². The summed E-state index contributed by atoms with van der Waals surface area (Å²) >= 11 is 0. The summed E-state index contributed by atoms with van der Waals surface area (Å²) in [6.07, 6.45) is 2.43. The van der Waals surface area contributed by atoms with Gasteiger partial charge in [-0.2, -0.15) is 0 Å². The van der Waals surface area contributed by atoms with Gasteiger partial charge in [0.15, 0.2) is 0 Å². The van der Waals surface area contributed by atoms with E-state index in [0.29, 0.717) is 37.4 Å². The number of carbonyl (C=O) groups is 2. The number of likely N-dealkylation sites (tertiary alicyclic amines) is 3. The third-order valence-corrected chi connectivity index (χ3v) is 8.70. The van der Waals surface area contributed by atoms with Gasteiger partial charge in [0, 0.05) is 38.6 Å². The molecule has 0 aromatic heterocycles. The molecule has 3 heterocycles. The van der Waals surface area contributed by atoms with E-state index in [2.05, 4.69) is 29.2 Å². The van der Waals surface area contributed by atoms with Crippen LogP contribution in [0.15, 0.2) is 54.6 Å². The molecule has 0 bridgehead atoms. The first-order chi connectivity index (χ1) is 18.4. The van der Waals surface area contributed by atoms with E-state index in [4.69, 9.17) is 9.47 Å². The number of hydrogen-bond donors (Lipinski definition) is 0. The topological polar surface area (TPSA) is 62.3 Å². The van der Waals surface area contributed by atoms with E-state index < -0.39 is 0 Å². The van der Waals surface area contributed by atoms with Crippen LogP contribution < -0.4 is 4.74 Å². The minimum Gasteiger partial charge on any atom is -0.497 e. The quantitative estimate of drug-likeness (QED) is 0.470. The van der Waals surface area contributed by atoms with Crippen LogP contribution in [0.25, 0.3) is 0 Å². The molecule has 212 valence electrons. The van der Waals surface area contributed by atoms with E-state index in [9.17, 15) is 9.59 Å². The minimum atomic E-state index is -0.218. The van der Waals surface area contributed by atoms with Gasteiger partial charge in [0.2, 0.25) is 5.91 Å². The van der Waals surface area contributed by atoms with Crippen LogP contribution in [-0.2, 0) is 16.1 Å². The molecule has 2 amide bonds. The monoisotopic (exact) mass is 555 g/mol. The first kappa shape index (κ1) is 29.2. The smallest absolute Gasteiger partial charge is 0.410 e. The van der Waals surface area contributed by atoms with Crippen molar-refractivity contribution >= 4 is 24.4 Å². The van der Waals surface area contributed by atoms with E-state index in [1.54, 1.807) is 7.11 Å². The second-order valence-corrected chi connectivity index (χ2v) is 11.5. The van der Waals surface area contributed by atoms with E-state index in [-0.39, 0.29) is 30.0 Å². The van der Waals surface area contributed by atoms with E-state index in [0.717, 1.165) is 56.8 Å². The summed E-state index contributed by atoms with van der Waals surface area (Å²) in [6, 6.07) is 18.6. The molecule has 0 N–H and O–H groups in total. The lowest BCUT2D eigenvalue weighted by Crippen LogP contribution is -2.46. The van der Waals surface area contributed by atoms with Gasteiger partial charge >= 0.3 is 6.09 Å². The molecular formula is C31H42ClN3O4. The molecule has 3 saturated heterocycles. The third kappa shape index (κ3) is 6.52. The highest BCUT2D eigenvalue weighted by atomic mass is 35.5. The first-order valence-electron chi connectivity index (χ1n) is 14.0. The number of piperidine rings is 1. The fourth-order valence-corrected chi connectivity index (χ4v) is 6.51. The van der Waals surface area contributed by atoms with Gasteiger partial charge in [0.25, 0.3) is 0 Å². The van der Waals surface area contributed by atoms with Crippen molar-refractivity contribution in [2.24, 2.45) is 11.3 Å². The molecule has 3 aliphatic heterocycles. The first-order valence-corrected chi connectivity index (χ1v) is 14.0. The molecule has 1 unspecified atom stereocenters. The molecule has 0 saturated carbocycles. The Bertz CT molecular complexity index is 1100. The summed E-state index contributed by atoms with van der Waals surface area (Å²) in [4.78, 5) is 32.7. The Kier molecular flexibility index (Phi) is 9.44. The summed E-state index contributed by atoms with van der Waals surface area (Å²) in [5.41, 5.74) is 2.21.